The van der Waals surface area contributed by atoms with Crippen LogP contribution in [0.5, 0.6) is 0 Å². The molecule has 3 rings (SSSR count). The molecule has 2 aromatic carbocycles. The van der Waals surface area contributed by atoms with E-state index in [-0.39, 0.29) is 13.0 Å². The molecule has 2 atom stereocenters. The number of nitrogens with zero attached hydrogens (tertiary/aromatic N) is 1. The SMILES string of the molecule is CCC1=NOC(C(=O)O)(C(OCc2ccccc2)c2ccc(Cl)cc2)C1. The fraction of sp³-hybridized carbons (Fsp3) is 0.300. The summed E-state index contributed by atoms with van der Waals surface area (Å²) in [6.07, 6.45) is -0.0209. The highest BCUT2D eigenvalue weighted by molar-refractivity contribution is 6.30. The zero-order valence-electron chi connectivity index (χ0n) is 14.4. The quantitative estimate of drug-likeness (QED) is 0.769. The van der Waals surface area contributed by atoms with E-state index in [0.717, 1.165) is 5.56 Å². The molecule has 0 aliphatic carbocycles. The van der Waals surface area contributed by atoms with E-state index in [1.54, 1.807) is 24.3 Å². The van der Waals surface area contributed by atoms with Crippen LogP contribution in [0.2, 0.25) is 5.02 Å². The van der Waals surface area contributed by atoms with Crippen molar-refractivity contribution in [2.45, 2.75) is 38.1 Å². The van der Waals surface area contributed by atoms with Crippen molar-refractivity contribution in [2.75, 3.05) is 0 Å². The topological polar surface area (TPSA) is 68.1 Å². The van der Waals surface area contributed by atoms with Crippen LogP contribution in [0, 0.1) is 0 Å². The van der Waals surface area contributed by atoms with E-state index in [2.05, 4.69) is 5.16 Å². The molecule has 0 spiro atoms. The van der Waals surface area contributed by atoms with Crippen molar-refractivity contribution in [1.29, 1.82) is 0 Å². The van der Waals surface area contributed by atoms with Crippen LogP contribution in [0.3, 0.4) is 0 Å². The molecule has 0 radical (unpaired) electrons. The van der Waals surface area contributed by atoms with E-state index < -0.39 is 17.7 Å². The molecule has 2 aromatic rings. The second-order valence-corrected chi connectivity index (χ2v) is 6.64. The largest absolute Gasteiger partial charge is 0.478 e. The number of hydrogen-bond acceptors (Lipinski definition) is 4. The van der Waals surface area contributed by atoms with Crippen molar-refractivity contribution in [2.24, 2.45) is 5.16 Å². The van der Waals surface area contributed by atoms with E-state index in [1.807, 2.05) is 37.3 Å². The maximum Gasteiger partial charge on any atom is 0.354 e. The summed E-state index contributed by atoms with van der Waals surface area (Å²) >= 11 is 5.98. The molecular weight excluding hydrogens is 354 g/mol. The molecule has 0 saturated heterocycles. The molecule has 1 aliphatic rings. The molecule has 1 N–H and O–H groups in total. The maximum absolute atomic E-state index is 12.2. The minimum Gasteiger partial charge on any atom is -0.478 e. The van der Waals surface area contributed by atoms with Gasteiger partial charge in [0.15, 0.2) is 0 Å². The first-order valence-electron chi connectivity index (χ1n) is 8.43. The fourth-order valence-electron chi connectivity index (χ4n) is 2.96. The molecule has 6 heteroatoms. The van der Waals surface area contributed by atoms with Gasteiger partial charge >= 0.3 is 5.97 Å². The summed E-state index contributed by atoms with van der Waals surface area (Å²) in [5.41, 5.74) is 0.741. The zero-order valence-corrected chi connectivity index (χ0v) is 15.1. The van der Waals surface area contributed by atoms with Crippen LogP contribution in [-0.2, 0) is 21.0 Å². The van der Waals surface area contributed by atoms with Gasteiger partial charge in [0.05, 0.1) is 12.3 Å². The normalized spacial score (nSPS) is 20.3. The number of carboxylic acid groups (broad SMARTS) is 1. The monoisotopic (exact) mass is 373 g/mol. The van der Waals surface area contributed by atoms with E-state index >= 15 is 0 Å². The molecule has 136 valence electrons. The highest BCUT2D eigenvalue weighted by Gasteiger charge is 2.54. The number of benzene rings is 2. The van der Waals surface area contributed by atoms with Crippen molar-refractivity contribution in [3.63, 3.8) is 0 Å². The first kappa shape index (κ1) is 18.4. The third-order valence-corrected chi connectivity index (χ3v) is 4.68. The Balaban J connectivity index is 1.93. The van der Waals surface area contributed by atoms with E-state index in [9.17, 15) is 9.90 Å². The van der Waals surface area contributed by atoms with E-state index in [1.165, 1.54) is 0 Å². The van der Waals surface area contributed by atoms with Gasteiger partial charge in [-0.15, -0.1) is 0 Å². The lowest BCUT2D eigenvalue weighted by Gasteiger charge is -2.31. The van der Waals surface area contributed by atoms with E-state index in [4.69, 9.17) is 21.2 Å². The molecule has 26 heavy (non-hydrogen) atoms. The van der Waals surface area contributed by atoms with Crippen molar-refractivity contribution >= 4 is 23.3 Å². The zero-order chi connectivity index (χ0) is 18.6. The van der Waals surface area contributed by atoms with Crippen molar-refractivity contribution in [1.82, 2.24) is 0 Å². The molecule has 2 unspecified atom stereocenters. The molecule has 0 bridgehead atoms. The molecule has 5 nitrogen and oxygen atoms in total. The summed E-state index contributed by atoms with van der Waals surface area (Å²) < 4.78 is 6.07. The van der Waals surface area contributed by atoms with Gasteiger partial charge in [0.2, 0.25) is 0 Å². The first-order valence-corrected chi connectivity index (χ1v) is 8.81. The average Bonchev–Trinajstić information content (AvgIpc) is 3.10. The van der Waals surface area contributed by atoms with Crippen LogP contribution in [0.15, 0.2) is 59.8 Å². The number of oxime groups is 1. The maximum atomic E-state index is 12.2. The van der Waals surface area contributed by atoms with Gasteiger partial charge in [0.1, 0.15) is 6.10 Å². The van der Waals surface area contributed by atoms with Crippen molar-refractivity contribution < 1.29 is 19.5 Å². The Kier molecular flexibility index (Phi) is 5.59. The van der Waals surface area contributed by atoms with Gasteiger partial charge in [-0.3, -0.25) is 0 Å². The first-order chi connectivity index (χ1) is 12.5. The summed E-state index contributed by atoms with van der Waals surface area (Å²) in [6, 6.07) is 16.5. The minimum atomic E-state index is -1.59. The Morgan fingerprint density at radius 1 is 1.27 bits per heavy atom. The number of rotatable bonds is 7. The summed E-state index contributed by atoms with van der Waals surface area (Å²) in [6.45, 7) is 2.18. The van der Waals surface area contributed by atoms with Gasteiger partial charge < -0.3 is 14.7 Å². The standard InChI is InChI=1S/C20H20ClNO4/c1-2-17-12-20(19(23)24,26-22-17)18(15-8-10-16(21)11-9-15)25-13-14-6-4-3-5-7-14/h3-11,18H,2,12-13H2,1H3,(H,23,24). The second kappa shape index (κ2) is 7.89. The van der Waals surface area contributed by atoms with Crippen LogP contribution in [-0.4, -0.2) is 22.4 Å². The van der Waals surface area contributed by atoms with Gasteiger partial charge in [-0.2, -0.15) is 0 Å². The Labute approximate surface area is 157 Å². The lowest BCUT2D eigenvalue weighted by atomic mass is 9.86. The van der Waals surface area contributed by atoms with Crippen molar-refractivity contribution in [3.8, 4) is 0 Å². The third kappa shape index (κ3) is 3.74. The van der Waals surface area contributed by atoms with Crippen LogP contribution in [0.1, 0.15) is 37.0 Å². The molecule has 0 aromatic heterocycles. The Hall–Kier alpha value is -2.37. The molecule has 0 fully saturated rings. The van der Waals surface area contributed by atoms with Crippen molar-refractivity contribution in [3.05, 3.63) is 70.7 Å². The van der Waals surface area contributed by atoms with Gasteiger partial charge in [-0.1, -0.05) is 66.1 Å². The van der Waals surface area contributed by atoms with Crippen LogP contribution >= 0.6 is 11.6 Å². The summed E-state index contributed by atoms with van der Waals surface area (Å²) in [5.74, 6) is -1.10. The number of hydrogen-bond donors (Lipinski definition) is 1. The Bertz CT molecular complexity index is 791. The highest BCUT2D eigenvalue weighted by atomic mass is 35.5. The van der Waals surface area contributed by atoms with Crippen LogP contribution in [0.25, 0.3) is 0 Å². The number of ether oxygens (including phenoxy) is 1. The lowest BCUT2D eigenvalue weighted by molar-refractivity contribution is -0.187. The molecular formula is C20H20ClNO4. The molecule has 0 amide bonds. The summed E-state index contributed by atoms with van der Waals surface area (Å²) in [7, 11) is 0. The predicted molar refractivity (Wildman–Crippen MR) is 99.2 cm³/mol. The van der Waals surface area contributed by atoms with E-state index in [0.29, 0.717) is 22.7 Å². The number of halogens is 1. The smallest absolute Gasteiger partial charge is 0.354 e. The number of carbonyl (C=O) groups is 1. The fourth-order valence-corrected chi connectivity index (χ4v) is 3.09. The second-order valence-electron chi connectivity index (χ2n) is 6.20. The molecule has 0 saturated carbocycles. The predicted octanol–water partition coefficient (Wildman–Crippen LogP) is 4.61. The van der Waals surface area contributed by atoms with Gasteiger partial charge in [0.25, 0.3) is 5.60 Å². The Morgan fingerprint density at radius 3 is 2.54 bits per heavy atom. The van der Waals surface area contributed by atoms with Gasteiger partial charge in [-0.25, -0.2) is 4.79 Å². The van der Waals surface area contributed by atoms with Gasteiger partial charge in [0, 0.05) is 11.4 Å². The van der Waals surface area contributed by atoms with Crippen LogP contribution < -0.4 is 0 Å². The third-order valence-electron chi connectivity index (χ3n) is 4.43. The highest BCUT2D eigenvalue weighted by Crippen LogP contribution is 2.41. The lowest BCUT2D eigenvalue weighted by Crippen LogP contribution is -2.46. The number of carboxylic acids is 1. The molecule has 1 heterocycles. The minimum absolute atomic E-state index is 0.181. The van der Waals surface area contributed by atoms with Gasteiger partial charge in [-0.05, 0) is 29.7 Å². The number of aliphatic carboxylic acids is 1. The summed E-state index contributed by atoms with van der Waals surface area (Å²) in [5, 5.41) is 14.5. The average molecular weight is 374 g/mol. The molecule has 1 aliphatic heterocycles. The van der Waals surface area contributed by atoms with Crippen LogP contribution in [0.4, 0.5) is 0 Å². The summed E-state index contributed by atoms with van der Waals surface area (Å²) in [4.78, 5) is 17.6. The Morgan fingerprint density at radius 2 is 1.96 bits per heavy atom.